The molecule has 0 aliphatic heterocycles. The van der Waals surface area contributed by atoms with Crippen LogP contribution in [0.1, 0.15) is 0 Å². The first-order valence-electron chi connectivity index (χ1n) is 8.85. The average Bonchev–Trinajstić information content (AvgIpc) is 2.75. The Labute approximate surface area is 159 Å². The van der Waals surface area contributed by atoms with Crippen LogP contribution in [0.2, 0.25) is 0 Å². The van der Waals surface area contributed by atoms with E-state index in [2.05, 4.69) is 34.2 Å². The molecule has 0 aliphatic carbocycles. The second-order valence-electron chi connectivity index (χ2n) is 6.49. The van der Waals surface area contributed by atoms with E-state index in [4.69, 9.17) is 4.98 Å². The van der Waals surface area contributed by atoms with Crippen molar-refractivity contribution >= 4 is 5.95 Å². The summed E-state index contributed by atoms with van der Waals surface area (Å²) >= 11 is 0. The average molecular weight is 352 g/mol. The molecule has 4 nitrogen and oxygen atoms in total. The van der Waals surface area contributed by atoms with Crippen LogP contribution >= 0.6 is 0 Å². The van der Waals surface area contributed by atoms with Crippen molar-refractivity contribution < 1.29 is 0 Å². The van der Waals surface area contributed by atoms with Gasteiger partial charge in [-0.3, -0.25) is 0 Å². The van der Waals surface area contributed by atoms with E-state index in [1.165, 1.54) is 5.56 Å². The molecular formula is C23H20N4. The Hall–Kier alpha value is -3.53. The fourth-order valence-corrected chi connectivity index (χ4v) is 2.88. The lowest BCUT2D eigenvalue weighted by molar-refractivity contribution is 0.967. The third-order valence-corrected chi connectivity index (χ3v) is 4.28. The SMILES string of the molecule is CN(C)c1nc(-c2ccccc2)nc(-c2cccc(-c3ccccc3)c2)n1. The van der Waals surface area contributed by atoms with Gasteiger partial charge in [0.2, 0.25) is 5.95 Å². The standard InChI is InChI=1S/C23H20N4/c1-27(2)23-25-21(18-12-7-4-8-13-18)24-22(26-23)20-15-9-14-19(16-20)17-10-5-3-6-11-17/h3-16H,1-2H3. The second kappa shape index (κ2) is 7.38. The molecule has 0 unspecified atom stereocenters. The third-order valence-electron chi connectivity index (χ3n) is 4.28. The first-order chi connectivity index (χ1) is 13.2. The molecule has 0 saturated heterocycles. The summed E-state index contributed by atoms with van der Waals surface area (Å²) in [5.74, 6) is 1.99. The fourth-order valence-electron chi connectivity index (χ4n) is 2.88. The second-order valence-corrected chi connectivity index (χ2v) is 6.49. The van der Waals surface area contributed by atoms with E-state index in [0.717, 1.165) is 16.7 Å². The summed E-state index contributed by atoms with van der Waals surface area (Å²) in [5, 5.41) is 0. The minimum absolute atomic E-state index is 0.643. The van der Waals surface area contributed by atoms with Gasteiger partial charge in [0.15, 0.2) is 11.6 Å². The van der Waals surface area contributed by atoms with Crippen molar-refractivity contribution in [1.82, 2.24) is 15.0 Å². The van der Waals surface area contributed by atoms with Gasteiger partial charge < -0.3 is 4.90 Å². The molecule has 132 valence electrons. The molecule has 1 heterocycles. The minimum Gasteiger partial charge on any atom is -0.347 e. The maximum absolute atomic E-state index is 4.74. The predicted octanol–water partition coefficient (Wildman–Crippen LogP) is 4.94. The zero-order chi connectivity index (χ0) is 18.6. The zero-order valence-electron chi connectivity index (χ0n) is 15.4. The number of nitrogens with zero attached hydrogens (tertiary/aromatic N) is 4. The molecule has 0 bridgehead atoms. The van der Waals surface area contributed by atoms with E-state index in [9.17, 15) is 0 Å². The Morgan fingerprint density at radius 3 is 1.67 bits per heavy atom. The van der Waals surface area contributed by atoms with Crippen LogP contribution < -0.4 is 4.90 Å². The predicted molar refractivity (Wildman–Crippen MR) is 110 cm³/mol. The monoisotopic (exact) mass is 352 g/mol. The summed E-state index contributed by atoms with van der Waals surface area (Å²) in [7, 11) is 3.88. The van der Waals surface area contributed by atoms with Gasteiger partial charge in [-0.2, -0.15) is 9.97 Å². The Bertz CT molecular complexity index is 1040. The maximum atomic E-state index is 4.74. The number of rotatable bonds is 4. The molecule has 4 rings (SSSR count). The lowest BCUT2D eigenvalue weighted by Crippen LogP contribution is -2.14. The fraction of sp³-hybridized carbons (Fsp3) is 0.0870. The molecule has 0 N–H and O–H groups in total. The molecule has 27 heavy (non-hydrogen) atoms. The number of aromatic nitrogens is 3. The van der Waals surface area contributed by atoms with E-state index in [0.29, 0.717) is 17.6 Å². The van der Waals surface area contributed by atoms with Crippen molar-refractivity contribution in [2.45, 2.75) is 0 Å². The third kappa shape index (κ3) is 3.70. The van der Waals surface area contributed by atoms with Gasteiger partial charge in [-0.1, -0.05) is 78.9 Å². The van der Waals surface area contributed by atoms with Crippen LogP contribution in [0.5, 0.6) is 0 Å². The van der Waals surface area contributed by atoms with Crippen LogP contribution in [0.15, 0.2) is 84.9 Å². The van der Waals surface area contributed by atoms with Crippen molar-refractivity contribution in [2.75, 3.05) is 19.0 Å². The van der Waals surface area contributed by atoms with Crippen molar-refractivity contribution in [3.05, 3.63) is 84.9 Å². The van der Waals surface area contributed by atoms with Gasteiger partial charge in [-0.15, -0.1) is 0 Å². The molecule has 3 aromatic carbocycles. The van der Waals surface area contributed by atoms with Crippen LogP contribution in [-0.4, -0.2) is 29.0 Å². The highest BCUT2D eigenvalue weighted by molar-refractivity contribution is 5.71. The minimum atomic E-state index is 0.643. The van der Waals surface area contributed by atoms with Gasteiger partial charge in [0, 0.05) is 25.2 Å². The Kier molecular flexibility index (Phi) is 4.62. The van der Waals surface area contributed by atoms with Crippen molar-refractivity contribution in [2.24, 2.45) is 0 Å². The smallest absolute Gasteiger partial charge is 0.228 e. The van der Waals surface area contributed by atoms with Crippen LogP contribution in [0, 0.1) is 0 Å². The first kappa shape index (κ1) is 16.9. The van der Waals surface area contributed by atoms with Gasteiger partial charge in [0.1, 0.15) is 0 Å². The molecule has 1 aromatic heterocycles. The summed E-state index contributed by atoms with van der Waals surface area (Å²) in [5.41, 5.74) is 4.26. The van der Waals surface area contributed by atoms with Gasteiger partial charge in [-0.25, -0.2) is 4.98 Å². The van der Waals surface area contributed by atoms with Crippen LogP contribution in [0.4, 0.5) is 5.95 Å². The molecule has 0 amide bonds. The molecule has 0 aliphatic rings. The van der Waals surface area contributed by atoms with Gasteiger partial charge >= 0.3 is 0 Å². The van der Waals surface area contributed by atoms with Crippen molar-refractivity contribution in [3.63, 3.8) is 0 Å². The largest absolute Gasteiger partial charge is 0.347 e. The van der Waals surface area contributed by atoms with Gasteiger partial charge in [-0.05, 0) is 17.2 Å². The summed E-state index contributed by atoms with van der Waals surface area (Å²) in [6, 6.07) is 28.6. The van der Waals surface area contributed by atoms with Crippen molar-refractivity contribution in [1.29, 1.82) is 0 Å². The Morgan fingerprint density at radius 1 is 0.519 bits per heavy atom. The van der Waals surface area contributed by atoms with E-state index < -0.39 is 0 Å². The first-order valence-corrected chi connectivity index (χ1v) is 8.85. The van der Waals surface area contributed by atoms with Crippen LogP contribution in [-0.2, 0) is 0 Å². The highest BCUT2D eigenvalue weighted by Crippen LogP contribution is 2.26. The number of hydrogen-bond donors (Lipinski definition) is 0. The van der Waals surface area contributed by atoms with Gasteiger partial charge in [0.25, 0.3) is 0 Å². The van der Waals surface area contributed by atoms with E-state index in [-0.39, 0.29) is 0 Å². The Balaban J connectivity index is 1.83. The topological polar surface area (TPSA) is 41.9 Å². The molecule has 0 atom stereocenters. The molecule has 0 fully saturated rings. The summed E-state index contributed by atoms with van der Waals surface area (Å²) in [6.07, 6.45) is 0. The number of anilines is 1. The highest BCUT2D eigenvalue weighted by atomic mass is 15.2. The molecule has 0 radical (unpaired) electrons. The molecule has 0 spiro atoms. The van der Waals surface area contributed by atoms with Crippen molar-refractivity contribution in [3.8, 4) is 33.9 Å². The maximum Gasteiger partial charge on any atom is 0.228 e. The zero-order valence-corrected chi connectivity index (χ0v) is 15.4. The molecule has 0 saturated carbocycles. The normalized spacial score (nSPS) is 10.6. The Morgan fingerprint density at radius 2 is 1.04 bits per heavy atom. The van der Waals surface area contributed by atoms with Crippen LogP contribution in [0.25, 0.3) is 33.9 Å². The van der Waals surface area contributed by atoms with E-state index >= 15 is 0 Å². The van der Waals surface area contributed by atoms with Crippen LogP contribution in [0.3, 0.4) is 0 Å². The van der Waals surface area contributed by atoms with Gasteiger partial charge in [0.05, 0.1) is 0 Å². The quantitative estimate of drug-likeness (QED) is 0.522. The highest BCUT2D eigenvalue weighted by Gasteiger charge is 2.12. The number of benzene rings is 3. The summed E-state index contributed by atoms with van der Waals surface area (Å²) in [6.45, 7) is 0. The van der Waals surface area contributed by atoms with E-state index in [1.807, 2.05) is 79.7 Å². The summed E-state index contributed by atoms with van der Waals surface area (Å²) in [4.78, 5) is 15.9. The number of hydrogen-bond acceptors (Lipinski definition) is 4. The lowest BCUT2D eigenvalue weighted by Gasteiger charge is -2.13. The molecule has 4 heteroatoms. The summed E-state index contributed by atoms with van der Waals surface area (Å²) < 4.78 is 0. The molecule has 4 aromatic rings. The lowest BCUT2D eigenvalue weighted by atomic mass is 10.0. The molecular weight excluding hydrogens is 332 g/mol. The van der Waals surface area contributed by atoms with E-state index in [1.54, 1.807) is 0 Å².